The molecule has 0 aromatic carbocycles. The van der Waals surface area contributed by atoms with Crippen molar-refractivity contribution in [2.75, 3.05) is 40.9 Å². The molecule has 1 unspecified atom stereocenters. The molecule has 0 saturated heterocycles. The summed E-state index contributed by atoms with van der Waals surface area (Å²) < 4.78 is 23.4. The van der Waals surface area contributed by atoms with E-state index in [9.17, 15) is 19.4 Å². The number of allylic oxidation sites excluding steroid dienone is 3. The van der Waals surface area contributed by atoms with E-state index in [0.717, 1.165) is 38.5 Å². The maximum atomic E-state index is 12.8. The van der Waals surface area contributed by atoms with Gasteiger partial charge in [0.25, 0.3) is 0 Å². The summed E-state index contributed by atoms with van der Waals surface area (Å²) in [4.78, 5) is 23.0. The fraction of sp³-hybridized carbons (Fsp3) is 0.868. The van der Waals surface area contributed by atoms with Gasteiger partial charge in [-0.25, -0.2) is 4.57 Å². The Morgan fingerprint density at radius 1 is 0.702 bits per heavy atom. The number of hydrogen-bond acceptors (Lipinski definition) is 5. The van der Waals surface area contributed by atoms with Gasteiger partial charge >= 0.3 is 7.82 Å². The molecule has 0 saturated carbocycles. The number of likely N-dealkylation sites (N-methyl/N-ethyl adjacent to an activating group) is 1. The van der Waals surface area contributed by atoms with Gasteiger partial charge in [0.1, 0.15) is 13.2 Å². The summed E-state index contributed by atoms with van der Waals surface area (Å²) in [5, 5.41) is 13.7. The highest BCUT2D eigenvalue weighted by molar-refractivity contribution is 7.47. The van der Waals surface area contributed by atoms with Crippen molar-refractivity contribution in [3.05, 3.63) is 24.3 Å². The van der Waals surface area contributed by atoms with E-state index in [1.54, 1.807) is 6.08 Å². The van der Waals surface area contributed by atoms with Crippen LogP contribution < -0.4 is 5.32 Å². The predicted molar refractivity (Wildman–Crippen MR) is 198 cm³/mol. The summed E-state index contributed by atoms with van der Waals surface area (Å²) >= 11 is 0. The number of quaternary nitrogens is 1. The van der Waals surface area contributed by atoms with Crippen LogP contribution in [0.2, 0.25) is 0 Å². The van der Waals surface area contributed by atoms with Crippen molar-refractivity contribution in [2.24, 2.45) is 0 Å². The molecule has 1 amide bonds. The van der Waals surface area contributed by atoms with E-state index < -0.39 is 20.0 Å². The van der Waals surface area contributed by atoms with Gasteiger partial charge in [0.15, 0.2) is 0 Å². The van der Waals surface area contributed by atoms with Gasteiger partial charge in [-0.3, -0.25) is 13.8 Å². The van der Waals surface area contributed by atoms with Gasteiger partial charge in [-0.05, 0) is 38.5 Å². The van der Waals surface area contributed by atoms with Gasteiger partial charge in [-0.1, -0.05) is 141 Å². The van der Waals surface area contributed by atoms with Crippen LogP contribution in [-0.2, 0) is 18.4 Å². The zero-order valence-corrected chi connectivity index (χ0v) is 32.2. The van der Waals surface area contributed by atoms with Gasteiger partial charge in [-0.15, -0.1) is 0 Å². The Balaban J connectivity index is 4.55. The van der Waals surface area contributed by atoms with Gasteiger partial charge < -0.3 is 19.8 Å². The number of carbonyl (C=O) groups is 1. The Morgan fingerprint density at radius 3 is 1.72 bits per heavy atom. The fourth-order valence-electron chi connectivity index (χ4n) is 5.28. The number of unbranched alkanes of at least 4 members (excludes halogenated alkanes) is 19. The van der Waals surface area contributed by atoms with E-state index in [2.05, 4.69) is 31.3 Å². The second-order valence-electron chi connectivity index (χ2n) is 14.3. The quantitative estimate of drug-likeness (QED) is 0.0269. The number of rotatable bonds is 34. The molecule has 278 valence electrons. The first-order valence-corrected chi connectivity index (χ1v) is 20.7. The minimum absolute atomic E-state index is 0.0612. The van der Waals surface area contributed by atoms with Crippen molar-refractivity contribution < 1.29 is 32.9 Å². The summed E-state index contributed by atoms with van der Waals surface area (Å²) in [7, 11) is 1.57. The lowest BCUT2D eigenvalue weighted by atomic mass is 10.0. The van der Waals surface area contributed by atoms with Crippen LogP contribution >= 0.6 is 7.82 Å². The lowest BCUT2D eigenvalue weighted by Crippen LogP contribution is -2.45. The SMILES string of the molecule is CCC/C=C/CCCCCCCC/C=C/[C@@H](O)[C@H](COP(=O)(O)OCC[N+](C)(C)C)NC(=O)CCCCCCCCCCCCCC. The van der Waals surface area contributed by atoms with Gasteiger partial charge in [0, 0.05) is 6.42 Å². The first-order chi connectivity index (χ1) is 22.5. The lowest BCUT2D eigenvalue weighted by molar-refractivity contribution is -0.870. The molecule has 0 heterocycles. The van der Waals surface area contributed by atoms with E-state index in [-0.39, 0.29) is 19.1 Å². The summed E-state index contributed by atoms with van der Waals surface area (Å²) in [5.41, 5.74) is 0. The van der Waals surface area contributed by atoms with Crippen LogP contribution in [0.15, 0.2) is 24.3 Å². The molecule has 0 radical (unpaired) electrons. The van der Waals surface area contributed by atoms with E-state index in [1.165, 1.54) is 103 Å². The molecular weight excluding hydrogens is 611 g/mol. The Hall–Kier alpha value is -1.02. The molecule has 3 N–H and O–H groups in total. The average molecular weight is 688 g/mol. The normalized spacial score (nSPS) is 15.0. The molecule has 0 rings (SSSR count). The Kier molecular flexibility index (Phi) is 30.3. The van der Waals surface area contributed by atoms with Crippen molar-refractivity contribution in [3.63, 3.8) is 0 Å². The Labute approximate surface area is 290 Å². The zero-order chi connectivity index (χ0) is 35.1. The number of phosphoric ester groups is 1. The van der Waals surface area contributed by atoms with E-state index in [1.807, 2.05) is 27.2 Å². The molecule has 0 bridgehead atoms. The van der Waals surface area contributed by atoms with Crippen LogP contribution in [-0.4, -0.2) is 73.4 Å². The predicted octanol–water partition coefficient (Wildman–Crippen LogP) is 9.80. The largest absolute Gasteiger partial charge is 0.472 e. The van der Waals surface area contributed by atoms with Crippen LogP contribution in [0.4, 0.5) is 0 Å². The van der Waals surface area contributed by atoms with E-state index in [0.29, 0.717) is 17.4 Å². The average Bonchev–Trinajstić information content (AvgIpc) is 3.01. The number of amides is 1. The number of carbonyl (C=O) groups excluding carboxylic acids is 1. The van der Waals surface area contributed by atoms with Crippen molar-refractivity contribution in [1.29, 1.82) is 0 Å². The molecule has 8 nitrogen and oxygen atoms in total. The standard InChI is InChI=1S/C38H75N2O6P/c1-6-8-10-12-14-16-18-20-21-23-25-27-29-31-37(41)36(35-46-47(43,44)45-34-33-40(3,4)5)39-38(42)32-30-28-26-24-22-19-17-15-13-11-9-7-2/h10,12,29,31,36-37,41H,6-9,11,13-28,30,32-35H2,1-5H3,(H-,39,42,43,44)/p+1/b12-10+,31-29+/t36-,37+/m0/s1. The minimum Gasteiger partial charge on any atom is -0.387 e. The molecule has 9 heteroatoms. The zero-order valence-electron chi connectivity index (χ0n) is 31.3. The van der Waals surface area contributed by atoms with Crippen molar-refractivity contribution in [2.45, 2.75) is 174 Å². The first-order valence-electron chi connectivity index (χ1n) is 19.2. The maximum Gasteiger partial charge on any atom is 0.472 e. The van der Waals surface area contributed by atoms with Crippen LogP contribution in [0, 0.1) is 0 Å². The molecule has 0 aliphatic carbocycles. The van der Waals surface area contributed by atoms with Crippen molar-refractivity contribution in [3.8, 4) is 0 Å². The highest BCUT2D eigenvalue weighted by Gasteiger charge is 2.27. The molecule has 0 aliphatic rings. The monoisotopic (exact) mass is 688 g/mol. The van der Waals surface area contributed by atoms with E-state index in [4.69, 9.17) is 9.05 Å². The fourth-order valence-corrected chi connectivity index (χ4v) is 6.01. The number of hydrogen-bond donors (Lipinski definition) is 3. The summed E-state index contributed by atoms with van der Waals surface area (Å²) in [6, 6.07) is -0.843. The number of nitrogens with zero attached hydrogens (tertiary/aromatic N) is 1. The number of nitrogens with one attached hydrogen (secondary N) is 1. The smallest absolute Gasteiger partial charge is 0.387 e. The van der Waals surface area contributed by atoms with Crippen LogP contribution in [0.3, 0.4) is 0 Å². The molecule has 0 aromatic rings. The maximum absolute atomic E-state index is 12.8. The van der Waals surface area contributed by atoms with Crippen LogP contribution in [0.5, 0.6) is 0 Å². The summed E-state index contributed by atoms with van der Waals surface area (Å²) in [6.07, 6.45) is 33.8. The highest BCUT2D eigenvalue weighted by atomic mass is 31.2. The topological polar surface area (TPSA) is 105 Å². The Morgan fingerprint density at radius 2 is 1.19 bits per heavy atom. The summed E-state index contributed by atoms with van der Waals surface area (Å²) in [6.45, 7) is 4.73. The molecule has 0 aromatic heterocycles. The minimum atomic E-state index is -4.33. The van der Waals surface area contributed by atoms with Gasteiger partial charge in [0.2, 0.25) is 5.91 Å². The Bertz CT molecular complexity index is 829. The highest BCUT2D eigenvalue weighted by Crippen LogP contribution is 2.43. The second kappa shape index (κ2) is 31.0. The van der Waals surface area contributed by atoms with Gasteiger partial charge in [0.05, 0.1) is 39.9 Å². The third-order valence-corrected chi connectivity index (χ3v) is 9.38. The number of phosphoric acid groups is 1. The summed E-state index contributed by atoms with van der Waals surface area (Å²) in [5.74, 6) is -0.183. The third kappa shape index (κ3) is 33.3. The molecule has 3 atom stereocenters. The van der Waals surface area contributed by atoms with Crippen molar-refractivity contribution in [1.82, 2.24) is 5.32 Å². The molecule has 0 spiro atoms. The van der Waals surface area contributed by atoms with Crippen LogP contribution in [0.25, 0.3) is 0 Å². The first kappa shape index (κ1) is 46.0. The molecule has 47 heavy (non-hydrogen) atoms. The number of aliphatic hydroxyl groups is 1. The second-order valence-corrected chi connectivity index (χ2v) is 15.8. The lowest BCUT2D eigenvalue weighted by Gasteiger charge is -2.25. The molecule has 0 fully saturated rings. The van der Waals surface area contributed by atoms with E-state index >= 15 is 0 Å². The van der Waals surface area contributed by atoms with Crippen molar-refractivity contribution >= 4 is 13.7 Å². The molecular formula is C38H76N2O6P+. The third-order valence-electron chi connectivity index (χ3n) is 8.40. The van der Waals surface area contributed by atoms with Gasteiger partial charge in [-0.2, -0.15) is 0 Å². The van der Waals surface area contributed by atoms with Crippen LogP contribution in [0.1, 0.15) is 162 Å². The molecule has 0 aliphatic heterocycles. The number of aliphatic hydroxyl groups excluding tert-OH is 1.